The van der Waals surface area contributed by atoms with Crippen LogP contribution in [0.5, 0.6) is 5.75 Å². The van der Waals surface area contributed by atoms with Gasteiger partial charge in [-0.25, -0.2) is 4.98 Å². The number of ether oxygens (including phenoxy) is 1. The van der Waals surface area contributed by atoms with Crippen molar-refractivity contribution in [2.75, 3.05) is 13.2 Å². The molecule has 0 atom stereocenters. The second-order valence-corrected chi connectivity index (χ2v) is 5.11. The van der Waals surface area contributed by atoms with Gasteiger partial charge in [0.25, 0.3) is 0 Å². The average molecular weight is 297 g/mol. The highest BCUT2D eigenvalue weighted by Gasteiger charge is 2.12. The summed E-state index contributed by atoms with van der Waals surface area (Å²) in [6.07, 6.45) is 2.02. The van der Waals surface area contributed by atoms with Crippen LogP contribution in [0.25, 0.3) is 22.3 Å². The minimum Gasteiger partial charge on any atom is -0.490 e. The average Bonchev–Trinajstić information content (AvgIpc) is 2.97. The molecule has 1 aromatic carbocycles. The molecule has 0 spiro atoms. The van der Waals surface area contributed by atoms with E-state index in [0.29, 0.717) is 0 Å². The largest absolute Gasteiger partial charge is 0.490 e. The molecule has 2 aromatic heterocycles. The van der Waals surface area contributed by atoms with Crippen molar-refractivity contribution in [1.29, 1.82) is 0 Å². The van der Waals surface area contributed by atoms with Gasteiger partial charge in [-0.3, -0.25) is 4.68 Å². The molecule has 0 saturated heterocycles. The first-order valence-electron chi connectivity index (χ1n) is 7.40. The Bertz CT molecular complexity index is 796. The molecule has 3 aromatic rings. The van der Waals surface area contributed by atoms with Crippen LogP contribution in [0, 0.1) is 6.92 Å². The number of hydrogen-bond acceptors (Lipinski definition) is 4. The van der Waals surface area contributed by atoms with Crippen molar-refractivity contribution >= 4 is 11.0 Å². The quantitative estimate of drug-likeness (QED) is 0.786. The standard InChI is InChI=1S/C17H19N3O2/c1-3-20-11-14-12(2)10-15(18-17(14)19-20)13-6-4-5-7-16(13)22-9-8-21/h4-7,10-11,21H,3,8-9H2,1-2H3. The van der Waals surface area contributed by atoms with Gasteiger partial charge in [-0.2, -0.15) is 5.10 Å². The molecule has 5 heteroatoms. The Balaban J connectivity index is 2.10. The molecule has 0 amide bonds. The van der Waals surface area contributed by atoms with Gasteiger partial charge in [0.2, 0.25) is 0 Å². The van der Waals surface area contributed by atoms with E-state index in [1.165, 1.54) is 0 Å². The van der Waals surface area contributed by atoms with Gasteiger partial charge < -0.3 is 9.84 Å². The highest BCUT2D eigenvalue weighted by atomic mass is 16.5. The summed E-state index contributed by atoms with van der Waals surface area (Å²) >= 11 is 0. The van der Waals surface area contributed by atoms with Gasteiger partial charge >= 0.3 is 0 Å². The molecule has 0 fully saturated rings. The zero-order chi connectivity index (χ0) is 15.5. The summed E-state index contributed by atoms with van der Waals surface area (Å²) in [5, 5.41) is 14.5. The fourth-order valence-electron chi connectivity index (χ4n) is 2.46. The van der Waals surface area contributed by atoms with Crippen molar-refractivity contribution in [3.8, 4) is 17.0 Å². The van der Waals surface area contributed by atoms with Gasteiger partial charge in [-0.15, -0.1) is 0 Å². The van der Waals surface area contributed by atoms with E-state index in [4.69, 9.17) is 9.84 Å². The number of para-hydroxylation sites is 1. The SMILES string of the molecule is CCn1cc2c(C)cc(-c3ccccc3OCCO)nc2n1. The van der Waals surface area contributed by atoms with E-state index in [9.17, 15) is 0 Å². The molecule has 5 nitrogen and oxygen atoms in total. The summed E-state index contributed by atoms with van der Waals surface area (Å²) in [4.78, 5) is 4.67. The lowest BCUT2D eigenvalue weighted by Gasteiger charge is -2.10. The number of aryl methyl sites for hydroxylation is 2. The van der Waals surface area contributed by atoms with E-state index >= 15 is 0 Å². The number of hydrogen-bond donors (Lipinski definition) is 1. The van der Waals surface area contributed by atoms with Crippen molar-refractivity contribution in [3.63, 3.8) is 0 Å². The normalized spacial score (nSPS) is 11.0. The van der Waals surface area contributed by atoms with Crippen LogP contribution in [0.15, 0.2) is 36.5 Å². The number of aliphatic hydroxyl groups is 1. The molecule has 2 heterocycles. The van der Waals surface area contributed by atoms with E-state index in [2.05, 4.69) is 23.9 Å². The lowest BCUT2D eigenvalue weighted by Crippen LogP contribution is -2.03. The Morgan fingerprint density at radius 1 is 1.27 bits per heavy atom. The Morgan fingerprint density at radius 2 is 2.09 bits per heavy atom. The number of fused-ring (bicyclic) bond motifs is 1. The number of rotatable bonds is 5. The number of nitrogens with zero attached hydrogens (tertiary/aromatic N) is 3. The molecule has 0 aliphatic rings. The van der Waals surface area contributed by atoms with Crippen molar-refractivity contribution in [2.24, 2.45) is 0 Å². The van der Waals surface area contributed by atoms with Gasteiger partial charge in [0, 0.05) is 23.7 Å². The van der Waals surface area contributed by atoms with Crippen LogP contribution in [-0.2, 0) is 6.54 Å². The van der Waals surface area contributed by atoms with E-state index in [1.54, 1.807) is 0 Å². The molecule has 0 radical (unpaired) electrons. The minimum atomic E-state index is -0.0132. The smallest absolute Gasteiger partial charge is 0.181 e. The second-order valence-electron chi connectivity index (χ2n) is 5.11. The summed E-state index contributed by atoms with van der Waals surface area (Å²) in [6, 6.07) is 9.76. The molecule has 0 bridgehead atoms. The van der Waals surface area contributed by atoms with Crippen LogP contribution in [0.1, 0.15) is 12.5 Å². The topological polar surface area (TPSA) is 60.2 Å². The van der Waals surface area contributed by atoms with Gasteiger partial charge in [-0.05, 0) is 37.6 Å². The van der Waals surface area contributed by atoms with Crippen LogP contribution in [0.4, 0.5) is 0 Å². The molecule has 0 unspecified atom stereocenters. The van der Waals surface area contributed by atoms with Gasteiger partial charge in [-0.1, -0.05) is 12.1 Å². The number of aliphatic hydroxyl groups excluding tert-OH is 1. The van der Waals surface area contributed by atoms with Crippen molar-refractivity contribution in [3.05, 3.63) is 42.1 Å². The maximum Gasteiger partial charge on any atom is 0.181 e. The van der Waals surface area contributed by atoms with Crippen molar-refractivity contribution < 1.29 is 9.84 Å². The molecule has 0 saturated carbocycles. The van der Waals surface area contributed by atoms with E-state index in [1.807, 2.05) is 41.2 Å². The fourth-order valence-corrected chi connectivity index (χ4v) is 2.46. The summed E-state index contributed by atoms with van der Waals surface area (Å²) in [5.41, 5.74) is 3.62. The van der Waals surface area contributed by atoms with Crippen LogP contribution in [-0.4, -0.2) is 33.1 Å². The maximum absolute atomic E-state index is 8.95. The Labute approximate surface area is 129 Å². The minimum absolute atomic E-state index is 0.0132. The van der Waals surface area contributed by atoms with Crippen molar-refractivity contribution in [2.45, 2.75) is 20.4 Å². The van der Waals surface area contributed by atoms with E-state index in [-0.39, 0.29) is 13.2 Å². The highest BCUT2D eigenvalue weighted by molar-refractivity contribution is 5.82. The first-order valence-corrected chi connectivity index (χ1v) is 7.40. The number of benzene rings is 1. The fraction of sp³-hybridized carbons (Fsp3) is 0.294. The summed E-state index contributed by atoms with van der Waals surface area (Å²) < 4.78 is 7.49. The summed E-state index contributed by atoms with van der Waals surface area (Å²) in [5.74, 6) is 0.720. The third-order valence-corrected chi connectivity index (χ3v) is 3.58. The number of aromatic nitrogens is 3. The zero-order valence-corrected chi connectivity index (χ0v) is 12.8. The first-order chi connectivity index (χ1) is 10.7. The lowest BCUT2D eigenvalue weighted by atomic mass is 10.1. The molecular weight excluding hydrogens is 278 g/mol. The zero-order valence-electron chi connectivity index (χ0n) is 12.8. The Hall–Kier alpha value is -2.40. The van der Waals surface area contributed by atoms with Gasteiger partial charge in [0.05, 0.1) is 12.3 Å². The molecule has 22 heavy (non-hydrogen) atoms. The number of pyridine rings is 1. The molecule has 0 aliphatic heterocycles. The van der Waals surface area contributed by atoms with Crippen molar-refractivity contribution in [1.82, 2.24) is 14.8 Å². The monoisotopic (exact) mass is 297 g/mol. The summed E-state index contributed by atoms with van der Waals surface area (Å²) in [6.45, 7) is 5.19. The van der Waals surface area contributed by atoms with E-state index in [0.717, 1.165) is 40.1 Å². The lowest BCUT2D eigenvalue weighted by molar-refractivity contribution is 0.202. The maximum atomic E-state index is 8.95. The highest BCUT2D eigenvalue weighted by Crippen LogP contribution is 2.30. The van der Waals surface area contributed by atoms with Gasteiger partial charge in [0.15, 0.2) is 5.65 Å². The molecule has 114 valence electrons. The molecule has 0 aliphatic carbocycles. The van der Waals surface area contributed by atoms with E-state index < -0.39 is 0 Å². The van der Waals surface area contributed by atoms with Crippen LogP contribution < -0.4 is 4.74 Å². The van der Waals surface area contributed by atoms with Crippen LogP contribution >= 0.6 is 0 Å². The Morgan fingerprint density at radius 3 is 2.86 bits per heavy atom. The Kier molecular flexibility index (Phi) is 4.06. The molecule has 1 N–H and O–H groups in total. The summed E-state index contributed by atoms with van der Waals surface area (Å²) in [7, 11) is 0. The predicted molar refractivity (Wildman–Crippen MR) is 86.0 cm³/mol. The third kappa shape index (κ3) is 2.67. The van der Waals surface area contributed by atoms with Crippen LogP contribution in [0.3, 0.4) is 0 Å². The van der Waals surface area contributed by atoms with Gasteiger partial charge in [0.1, 0.15) is 12.4 Å². The van der Waals surface area contributed by atoms with Crippen LogP contribution in [0.2, 0.25) is 0 Å². The second kappa shape index (κ2) is 6.15. The predicted octanol–water partition coefficient (Wildman–Crippen LogP) is 2.80. The molecule has 3 rings (SSSR count). The third-order valence-electron chi connectivity index (χ3n) is 3.58. The molecular formula is C17H19N3O2. The first kappa shape index (κ1) is 14.5.